The van der Waals surface area contributed by atoms with E-state index in [1.54, 1.807) is 18.3 Å². The molecule has 0 aliphatic rings. The molecule has 0 atom stereocenters. The average molecular weight is 372 g/mol. The van der Waals surface area contributed by atoms with Gasteiger partial charge in [-0.3, -0.25) is 19.1 Å². The van der Waals surface area contributed by atoms with E-state index in [2.05, 4.69) is 29.6 Å². The van der Waals surface area contributed by atoms with E-state index >= 15 is 0 Å². The smallest absolute Gasteiger partial charge is 0.322 e. The molecule has 1 aromatic carbocycles. The van der Waals surface area contributed by atoms with E-state index in [1.807, 2.05) is 11.6 Å². The van der Waals surface area contributed by atoms with Gasteiger partial charge in [0.25, 0.3) is 11.8 Å². The minimum absolute atomic E-state index is 0.259. The number of benzene rings is 1. The number of carboxylic acid groups (broad SMARTS) is 1. The topological polar surface area (TPSA) is 113 Å². The predicted octanol–water partition coefficient (Wildman–Crippen LogP) is 2.17. The van der Waals surface area contributed by atoms with Gasteiger partial charge in [0.05, 0.1) is 17.5 Å². The highest BCUT2D eigenvalue weighted by Gasteiger charge is 2.17. The fourth-order valence-electron chi connectivity index (χ4n) is 2.64. The van der Waals surface area contributed by atoms with Crippen LogP contribution in [0, 0.1) is 5.92 Å². The fourth-order valence-corrected chi connectivity index (χ4v) is 2.64. The van der Waals surface area contributed by atoms with Crippen molar-refractivity contribution < 1.29 is 19.5 Å². The number of rotatable bonds is 8. The molecule has 8 heteroatoms. The van der Waals surface area contributed by atoms with Crippen molar-refractivity contribution in [1.82, 2.24) is 15.1 Å². The highest BCUT2D eigenvalue weighted by Crippen LogP contribution is 2.16. The number of nitrogens with one attached hydrogen (secondary N) is 2. The second kappa shape index (κ2) is 8.98. The highest BCUT2D eigenvalue weighted by molar-refractivity contribution is 6.05. The lowest BCUT2D eigenvalue weighted by atomic mass is 10.1. The third-order valence-electron chi connectivity index (χ3n) is 3.87. The number of aromatic nitrogens is 2. The van der Waals surface area contributed by atoms with Gasteiger partial charge in [-0.25, -0.2) is 0 Å². The van der Waals surface area contributed by atoms with E-state index in [-0.39, 0.29) is 5.91 Å². The summed E-state index contributed by atoms with van der Waals surface area (Å²) in [6, 6.07) is 6.24. The van der Waals surface area contributed by atoms with Gasteiger partial charge in [-0.15, -0.1) is 0 Å². The van der Waals surface area contributed by atoms with Gasteiger partial charge in [0.15, 0.2) is 0 Å². The summed E-state index contributed by atoms with van der Waals surface area (Å²) >= 11 is 0. The van der Waals surface area contributed by atoms with Gasteiger partial charge in [0, 0.05) is 17.8 Å². The molecule has 2 amide bonds. The Morgan fingerprint density at radius 3 is 2.37 bits per heavy atom. The summed E-state index contributed by atoms with van der Waals surface area (Å²) in [5.41, 5.74) is 2.26. The number of hydrogen-bond donors (Lipinski definition) is 3. The summed E-state index contributed by atoms with van der Waals surface area (Å²) in [4.78, 5) is 34.9. The minimum Gasteiger partial charge on any atom is -0.480 e. The van der Waals surface area contributed by atoms with Gasteiger partial charge >= 0.3 is 5.97 Å². The molecular weight excluding hydrogens is 348 g/mol. The lowest BCUT2D eigenvalue weighted by Gasteiger charge is -2.10. The summed E-state index contributed by atoms with van der Waals surface area (Å²) in [5, 5.41) is 18.0. The Morgan fingerprint density at radius 1 is 1.15 bits per heavy atom. The molecule has 8 nitrogen and oxygen atoms in total. The van der Waals surface area contributed by atoms with Gasteiger partial charge in [-0.2, -0.15) is 5.10 Å². The van der Waals surface area contributed by atoms with E-state index in [1.165, 1.54) is 12.1 Å². The molecule has 1 aromatic heterocycles. The molecule has 0 saturated heterocycles. The molecule has 0 bridgehead atoms. The van der Waals surface area contributed by atoms with Crippen LogP contribution in [0.5, 0.6) is 0 Å². The van der Waals surface area contributed by atoms with Crippen LogP contribution < -0.4 is 10.6 Å². The van der Waals surface area contributed by atoms with Crippen LogP contribution in [0.25, 0.3) is 0 Å². The monoisotopic (exact) mass is 372 g/mol. The van der Waals surface area contributed by atoms with Crippen LogP contribution in [-0.2, 0) is 17.8 Å². The number of amides is 2. The molecule has 0 aliphatic carbocycles. The third-order valence-corrected chi connectivity index (χ3v) is 3.87. The van der Waals surface area contributed by atoms with Crippen molar-refractivity contribution in [2.24, 2.45) is 5.92 Å². The molecule has 2 rings (SSSR count). The van der Waals surface area contributed by atoms with Crippen LogP contribution in [0.2, 0.25) is 0 Å². The van der Waals surface area contributed by atoms with Crippen LogP contribution in [0.15, 0.2) is 30.5 Å². The molecule has 144 valence electrons. The fraction of sp³-hybridized carbons (Fsp3) is 0.368. The van der Waals surface area contributed by atoms with E-state index in [4.69, 9.17) is 5.11 Å². The quantitative estimate of drug-likeness (QED) is 0.657. The Balaban J connectivity index is 2.07. The normalized spacial score (nSPS) is 10.7. The van der Waals surface area contributed by atoms with Gasteiger partial charge in [0.2, 0.25) is 0 Å². The van der Waals surface area contributed by atoms with Crippen molar-refractivity contribution >= 4 is 23.5 Å². The Hall–Kier alpha value is -3.16. The molecule has 0 spiro atoms. The van der Waals surface area contributed by atoms with Crippen LogP contribution in [0.1, 0.15) is 47.2 Å². The van der Waals surface area contributed by atoms with E-state index in [0.717, 1.165) is 12.2 Å². The van der Waals surface area contributed by atoms with Crippen molar-refractivity contribution in [2.75, 3.05) is 11.9 Å². The van der Waals surface area contributed by atoms with Crippen LogP contribution >= 0.6 is 0 Å². The number of anilines is 1. The average Bonchev–Trinajstić information content (AvgIpc) is 3.02. The minimum atomic E-state index is -1.11. The lowest BCUT2D eigenvalue weighted by Crippen LogP contribution is -2.29. The largest absolute Gasteiger partial charge is 0.480 e. The van der Waals surface area contributed by atoms with Crippen molar-refractivity contribution in [3.63, 3.8) is 0 Å². The van der Waals surface area contributed by atoms with Crippen LogP contribution in [-0.4, -0.2) is 39.2 Å². The molecule has 27 heavy (non-hydrogen) atoms. The number of hydrogen-bond acceptors (Lipinski definition) is 4. The zero-order chi connectivity index (χ0) is 20.0. The molecule has 3 N–H and O–H groups in total. The maximum Gasteiger partial charge on any atom is 0.322 e. The zero-order valence-electron chi connectivity index (χ0n) is 15.7. The molecule has 2 aromatic rings. The van der Waals surface area contributed by atoms with Crippen molar-refractivity contribution in [1.29, 1.82) is 0 Å². The Labute approximate surface area is 157 Å². The molecule has 0 fully saturated rings. The van der Waals surface area contributed by atoms with E-state index in [0.29, 0.717) is 29.2 Å². The first kappa shape index (κ1) is 20.2. The Kier molecular flexibility index (Phi) is 6.70. The Bertz CT molecular complexity index is 825. The summed E-state index contributed by atoms with van der Waals surface area (Å²) in [6.45, 7) is 6.47. The van der Waals surface area contributed by atoms with Crippen molar-refractivity contribution in [3.8, 4) is 0 Å². The Morgan fingerprint density at radius 2 is 1.81 bits per heavy atom. The highest BCUT2D eigenvalue weighted by atomic mass is 16.4. The number of carbonyl (C=O) groups excluding carboxylic acids is 2. The summed E-state index contributed by atoms with van der Waals surface area (Å²) in [5.74, 6) is -1.44. The molecule has 0 aliphatic heterocycles. The SMILES string of the molecule is CCc1c(C(=O)Nc2ccc(C(=O)NCC(=O)O)cc2)cnn1CC(C)C. The summed E-state index contributed by atoms with van der Waals surface area (Å²) < 4.78 is 1.86. The predicted molar refractivity (Wildman–Crippen MR) is 101 cm³/mol. The maximum absolute atomic E-state index is 12.6. The summed E-state index contributed by atoms with van der Waals surface area (Å²) in [7, 11) is 0. The molecule has 0 unspecified atom stereocenters. The number of carbonyl (C=O) groups is 3. The first-order valence-electron chi connectivity index (χ1n) is 8.77. The molecule has 0 saturated carbocycles. The first-order valence-corrected chi connectivity index (χ1v) is 8.77. The standard InChI is InChI=1S/C19H24N4O4/c1-4-16-15(9-21-23(16)11-12(2)3)19(27)22-14-7-5-13(6-8-14)18(26)20-10-17(24)25/h5-9,12H,4,10-11H2,1-3H3,(H,20,26)(H,22,27)(H,24,25). The number of nitrogens with zero attached hydrogens (tertiary/aromatic N) is 2. The van der Waals surface area contributed by atoms with Gasteiger partial charge in [-0.1, -0.05) is 20.8 Å². The lowest BCUT2D eigenvalue weighted by molar-refractivity contribution is -0.135. The van der Waals surface area contributed by atoms with Crippen LogP contribution in [0.4, 0.5) is 5.69 Å². The van der Waals surface area contributed by atoms with Gasteiger partial charge in [0.1, 0.15) is 6.54 Å². The zero-order valence-corrected chi connectivity index (χ0v) is 15.7. The van der Waals surface area contributed by atoms with Gasteiger partial charge in [-0.05, 0) is 36.6 Å². The van der Waals surface area contributed by atoms with Crippen molar-refractivity contribution in [2.45, 2.75) is 33.7 Å². The molecular formula is C19H24N4O4. The summed E-state index contributed by atoms with van der Waals surface area (Å²) in [6.07, 6.45) is 2.27. The molecule has 1 heterocycles. The molecule has 0 radical (unpaired) electrons. The third kappa shape index (κ3) is 5.40. The van der Waals surface area contributed by atoms with E-state index < -0.39 is 18.4 Å². The number of carboxylic acids is 1. The number of aliphatic carboxylic acids is 1. The first-order chi connectivity index (χ1) is 12.8. The van der Waals surface area contributed by atoms with E-state index in [9.17, 15) is 14.4 Å². The van der Waals surface area contributed by atoms with Crippen molar-refractivity contribution in [3.05, 3.63) is 47.3 Å². The maximum atomic E-state index is 12.6. The van der Waals surface area contributed by atoms with Gasteiger partial charge < -0.3 is 15.7 Å². The second-order valence-electron chi connectivity index (χ2n) is 6.54. The van der Waals surface area contributed by atoms with Crippen LogP contribution in [0.3, 0.4) is 0 Å². The second-order valence-corrected chi connectivity index (χ2v) is 6.54.